The summed E-state index contributed by atoms with van der Waals surface area (Å²) in [6.07, 6.45) is 8.56. The zero-order valence-corrected chi connectivity index (χ0v) is 8.56. The second-order valence-corrected chi connectivity index (χ2v) is 3.40. The number of nitrogens with one attached hydrogen (secondary N) is 1. The molecule has 1 atom stereocenters. The van der Waals surface area contributed by atoms with Crippen LogP contribution in [0.15, 0.2) is 0 Å². The molecule has 0 rings (SSSR count). The van der Waals surface area contributed by atoms with Gasteiger partial charge in [0.1, 0.15) is 0 Å². The Labute approximate surface area is 76.9 Å². The minimum atomic E-state index is 0.468. The fourth-order valence-electron chi connectivity index (χ4n) is 1.19. The van der Waals surface area contributed by atoms with E-state index in [4.69, 9.17) is 6.42 Å². The van der Waals surface area contributed by atoms with Gasteiger partial charge in [0.2, 0.25) is 0 Å². The molecule has 0 saturated carbocycles. The number of hydrogen-bond acceptors (Lipinski definition) is 1. The standard InChI is InChI=1S/C11H21N/c1-5-8-10(4)12-9-11(6-2)7-3/h1,10-12H,6-9H2,2-4H3. The molecule has 0 fully saturated rings. The van der Waals surface area contributed by atoms with Crippen molar-refractivity contribution >= 4 is 0 Å². The third-order valence-electron chi connectivity index (χ3n) is 2.33. The molecule has 0 saturated heterocycles. The predicted molar refractivity (Wildman–Crippen MR) is 55.0 cm³/mol. The SMILES string of the molecule is C#CCC(C)NCC(CC)CC. The van der Waals surface area contributed by atoms with E-state index in [2.05, 4.69) is 32.0 Å². The second-order valence-electron chi connectivity index (χ2n) is 3.40. The molecule has 0 aliphatic rings. The van der Waals surface area contributed by atoms with Gasteiger partial charge >= 0.3 is 0 Å². The fourth-order valence-corrected chi connectivity index (χ4v) is 1.19. The van der Waals surface area contributed by atoms with Crippen LogP contribution in [-0.4, -0.2) is 12.6 Å². The minimum absolute atomic E-state index is 0.468. The van der Waals surface area contributed by atoms with Gasteiger partial charge in [0.15, 0.2) is 0 Å². The zero-order valence-electron chi connectivity index (χ0n) is 8.56. The average Bonchev–Trinajstić information content (AvgIpc) is 2.07. The van der Waals surface area contributed by atoms with Gasteiger partial charge in [-0.15, -0.1) is 12.3 Å². The molecule has 1 nitrogen and oxygen atoms in total. The first-order valence-electron chi connectivity index (χ1n) is 4.91. The number of rotatable bonds is 6. The molecular formula is C11H21N. The van der Waals surface area contributed by atoms with Gasteiger partial charge in [-0.3, -0.25) is 0 Å². The molecule has 1 N–H and O–H groups in total. The maximum atomic E-state index is 5.21. The smallest absolute Gasteiger partial charge is 0.0238 e. The van der Waals surface area contributed by atoms with Gasteiger partial charge < -0.3 is 5.32 Å². The van der Waals surface area contributed by atoms with Crippen molar-refractivity contribution in [2.45, 2.75) is 46.1 Å². The Morgan fingerprint density at radius 1 is 1.33 bits per heavy atom. The quantitative estimate of drug-likeness (QED) is 0.599. The van der Waals surface area contributed by atoms with Crippen LogP contribution >= 0.6 is 0 Å². The lowest BCUT2D eigenvalue weighted by Crippen LogP contribution is -2.30. The van der Waals surface area contributed by atoms with E-state index in [9.17, 15) is 0 Å². The van der Waals surface area contributed by atoms with Crippen molar-refractivity contribution in [2.75, 3.05) is 6.54 Å². The van der Waals surface area contributed by atoms with Gasteiger partial charge in [-0.05, 0) is 19.4 Å². The molecule has 0 aromatic rings. The van der Waals surface area contributed by atoms with Gasteiger partial charge in [0, 0.05) is 12.5 Å². The Bertz CT molecular complexity index is 130. The van der Waals surface area contributed by atoms with Crippen LogP contribution in [0.1, 0.15) is 40.0 Å². The van der Waals surface area contributed by atoms with Gasteiger partial charge in [0.25, 0.3) is 0 Å². The van der Waals surface area contributed by atoms with Crippen molar-refractivity contribution in [3.8, 4) is 12.3 Å². The maximum absolute atomic E-state index is 5.21. The lowest BCUT2D eigenvalue weighted by atomic mass is 10.0. The third-order valence-corrected chi connectivity index (χ3v) is 2.33. The minimum Gasteiger partial charge on any atom is -0.313 e. The van der Waals surface area contributed by atoms with Crippen LogP contribution in [0.3, 0.4) is 0 Å². The van der Waals surface area contributed by atoms with E-state index < -0.39 is 0 Å². The molecule has 0 aliphatic carbocycles. The Balaban J connectivity index is 3.45. The molecule has 0 spiro atoms. The summed E-state index contributed by atoms with van der Waals surface area (Å²) < 4.78 is 0. The summed E-state index contributed by atoms with van der Waals surface area (Å²) in [6.45, 7) is 7.72. The van der Waals surface area contributed by atoms with Crippen molar-refractivity contribution < 1.29 is 0 Å². The summed E-state index contributed by atoms with van der Waals surface area (Å²) >= 11 is 0. The highest BCUT2D eigenvalue weighted by molar-refractivity contribution is 4.88. The van der Waals surface area contributed by atoms with Crippen LogP contribution in [-0.2, 0) is 0 Å². The van der Waals surface area contributed by atoms with E-state index in [1.54, 1.807) is 0 Å². The van der Waals surface area contributed by atoms with E-state index >= 15 is 0 Å². The molecule has 70 valence electrons. The van der Waals surface area contributed by atoms with Crippen LogP contribution < -0.4 is 5.32 Å². The summed E-state index contributed by atoms with van der Waals surface area (Å²) in [7, 11) is 0. The Morgan fingerprint density at radius 3 is 2.33 bits per heavy atom. The summed E-state index contributed by atoms with van der Waals surface area (Å²) in [5.41, 5.74) is 0. The Hall–Kier alpha value is -0.480. The van der Waals surface area contributed by atoms with Gasteiger partial charge in [-0.1, -0.05) is 26.7 Å². The predicted octanol–water partition coefficient (Wildman–Crippen LogP) is 2.42. The summed E-state index contributed by atoms with van der Waals surface area (Å²) in [5.74, 6) is 3.48. The van der Waals surface area contributed by atoms with Crippen molar-refractivity contribution in [1.29, 1.82) is 0 Å². The van der Waals surface area contributed by atoms with E-state index in [1.807, 2.05) is 0 Å². The van der Waals surface area contributed by atoms with Crippen LogP contribution in [0, 0.1) is 18.3 Å². The first kappa shape index (κ1) is 11.5. The van der Waals surface area contributed by atoms with E-state index in [1.165, 1.54) is 12.8 Å². The topological polar surface area (TPSA) is 12.0 Å². The van der Waals surface area contributed by atoms with Crippen molar-refractivity contribution in [3.63, 3.8) is 0 Å². The Kier molecular flexibility index (Phi) is 6.90. The second kappa shape index (κ2) is 7.18. The summed E-state index contributed by atoms with van der Waals surface area (Å²) in [6, 6.07) is 0.468. The molecule has 0 aromatic heterocycles. The first-order valence-corrected chi connectivity index (χ1v) is 4.91. The number of terminal acetylenes is 1. The largest absolute Gasteiger partial charge is 0.313 e. The molecule has 1 heteroatoms. The molecular weight excluding hydrogens is 146 g/mol. The van der Waals surface area contributed by atoms with Crippen LogP contribution in [0.2, 0.25) is 0 Å². The van der Waals surface area contributed by atoms with Crippen molar-refractivity contribution in [3.05, 3.63) is 0 Å². The van der Waals surface area contributed by atoms with Gasteiger partial charge in [0.05, 0.1) is 0 Å². The molecule has 0 bridgehead atoms. The highest BCUT2D eigenvalue weighted by Gasteiger charge is 2.04. The van der Waals surface area contributed by atoms with E-state index in [-0.39, 0.29) is 0 Å². The monoisotopic (exact) mass is 167 g/mol. The zero-order chi connectivity index (χ0) is 9.40. The summed E-state index contributed by atoms with van der Waals surface area (Å²) in [4.78, 5) is 0. The lowest BCUT2D eigenvalue weighted by Gasteiger charge is -2.16. The van der Waals surface area contributed by atoms with Crippen molar-refractivity contribution in [2.24, 2.45) is 5.92 Å². The lowest BCUT2D eigenvalue weighted by molar-refractivity contribution is 0.420. The van der Waals surface area contributed by atoms with Gasteiger partial charge in [-0.2, -0.15) is 0 Å². The fraction of sp³-hybridized carbons (Fsp3) is 0.818. The highest BCUT2D eigenvalue weighted by atomic mass is 14.9. The normalized spacial score (nSPS) is 12.9. The maximum Gasteiger partial charge on any atom is 0.0238 e. The van der Waals surface area contributed by atoms with Crippen LogP contribution in [0.4, 0.5) is 0 Å². The molecule has 0 radical (unpaired) electrons. The molecule has 0 aliphatic heterocycles. The number of hydrogen-bond donors (Lipinski definition) is 1. The van der Waals surface area contributed by atoms with Crippen LogP contribution in [0.25, 0.3) is 0 Å². The average molecular weight is 167 g/mol. The molecule has 0 aromatic carbocycles. The third kappa shape index (κ3) is 5.21. The summed E-state index contributed by atoms with van der Waals surface area (Å²) in [5, 5.41) is 3.44. The van der Waals surface area contributed by atoms with E-state index in [0.29, 0.717) is 6.04 Å². The van der Waals surface area contributed by atoms with Crippen molar-refractivity contribution in [1.82, 2.24) is 5.32 Å². The van der Waals surface area contributed by atoms with Crippen LogP contribution in [0.5, 0.6) is 0 Å². The Morgan fingerprint density at radius 2 is 1.92 bits per heavy atom. The van der Waals surface area contributed by atoms with E-state index in [0.717, 1.165) is 18.9 Å². The molecule has 1 unspecified atom stereocenters. The van der Waals surface area contributed by atoms with Gasteiger partial charge in [-0.25, -0.2) is 0 Å². The first-order chi connectivity index (χ1) is 5.74. The highest BCUT2D eigenvalue weighted by Crippen LogP contribution is 2.05. The molecule has 12 heavy (non-hydrogen) atoms. The molecule has 0 heterocycles. The molecule has 0 amide bonds.